The number of methoxy groups -OCH3 is 1. The van der Waals surface area contributed by atoms with Crippen LogP contribution in [0, 0.1) is 5.82 Å². The second-order valence-electron chi connectivity index (χ2n) is 7.60. The fraction of sp³-hybridized carbons (Fsp3) is 0.348. The quantitative estimate of drug-likeness (QED) is 0.436. The van der Waals surface area contributed by atoms with Gasteiger partial charge in [-0.2, -0.15) is 0 Å². The van der Waals surface area contributed by atoms with E-state index in [1.165, 1.54) is 23.6 Å². The van der Waals surface area contributed by atoms with Crippen molar-refractivity contribution in [3.05, 3.63) is 69.4 Å². The lowest BCUT2D eigenvalue weighted by atomic mass is 10.1. The average Bonchev–Trinajstić information content (AvgIpc) is 2.76. The van der Waals surface area contributed by atoms with Gasteiger partial charge in [-0.15, -0.1) is 0 Å². The smallest absolute Gasteiger partial charge is 0.267 e. The fourth-order valence-corrected chi connectivity index (χ4v) is 3.40. The van der Waals surface area contributed by atoms with Crippen molar-refractivity contribution in [1.82, 2.24) is 14.9 Å². The van der Waals surface area contributed by atoms with E-state index < -0.39 is 28.9 Å². The van der Waals surface area contributed by atoms with Gasteiger partial charge < -0.3 is 24.8 Å². The molecule has 0 spiro atoms. The van der Waals surface area contributed by atoms with E-state index >= 15 is 0 Å². The molecule has 0 saturated heterocycles. The first-order valence-electron chi connectivity index (χ1n) is 10.3. The van der Waals surface area contributed by atoms with Crippen molar-refractivity contribution in [3.63, 3.8) is 0 Å². The van der Waals surface area contributed by atoms with Crippen LogP contribution >= 0.6 is 0 Å². The number of aliphatic hydroxyl groups is 1. The topological polar surface area (TPSA) is 114 Å². The number of nitrogens with zero attached hydrogens (tertiary/aromatic N) is 2. The molecule has 0 radical (unpaired) electrons. The van der Waals surface area contributed by atoms with E-state index in [1.54, 1.807) is 31.5 Å². The maximum atomic E-state index is 13.2. The number of halogens is 1. The third-order valence-corrected chi connectivity index (χ3v) is 4.97. The molecule has 0 saturated carbocycles. The van der Waals surface area contributed by atoms with E-state index in [2.05, 4.69) is 10.3 Å². The summed E-state index contributed by atoms with van der Waals surface area (Å²) in [7, 11) is 1.55. The lowest BCUT2D eigenvalue weighted by molar-refractivity contribution is 0.0919. The van der Waals surface area contributed by atoms with Crippen molar-refractivity contribution < 1.29 is 24.1 Å². The number of hydrogen-bond acceptors (Lipinski definition) is 6. The van der Waals surface area contributed by atoms with E-state index in [4.69, 9.17) is 4.74 Å². The summed E-state index contributed by atoms with van der Waals surface area (Å²) < 4.78 is 19.7. The first kappa shape index (κ1) is 23.4. The van der Waals surface area contributed by atoms with Crippen LogP contribution in [0.3, 0.4) is 0 Å². The molecule has 2 aromatic heterocycles. The number of aliphatic hydroxyl groups excluding tert-OH is 1. The van der Waals surface area contributed by atoms with E-state index in [-0.39, 0.29) is 24.4 Å². The van der Waals surface area contributed by atoms with Gasteiger partial charge in [0.1, 0.15) is 16.9 Å². The number of carbonyl (C=O) groups is 1. The molecule has 1 atom stereocenters. The van der Waals surface area contributed by atoms with E-state index in [0.717, 1.165) is 11.1 Å². The van der Waals surface area contributed by atoms with Crippen LogP contribution in [-0.2, 0) is 17.7 Å². The molecule has 2 heterocycles. The lowest BCUT2D eigenvalue weighted by Crippen LogP contribution is -2.36. The number of ether oxygens (including phenoxy) is 1. The number of aromatic nitrogens is 2. The Morgan fingerprint density at radius 2 is 2.00 bits per heavy atom. The Morgan fingerprint density at radius 1 is 1.28 bits per heavy atom. The maximum absolute atomic E-state index is 13.2. The van der Waals surface area contributed by atoms with Gasteiger partial charge in [-0.3, -0.25) is 14.6 Å². The number of rotatable bonds is 9. The number of carbonyl (C=O) groups excluding carboxylic acids is 1. The molecule has 0 fully saturated rings. The summed E-state index contributed by atoms with van der Waals surface area (Å²) in [5.41, 5.74) is 1.04. The van der Waals surface area contributed by atoms with E-state index in [0.29, 0.717) is 25.0 Å². The van der Waals surface area contributed by atoms with E-state index in [1.807, 2.05) is 0 Å². The van der Waals surface area contributed by atoms with Crippen molar-refractivity contribution in [2.75, 3.05) is 20.3 Å². The highest BCUT2D eigenvalue weighted by Crippen LogP contribution is 2.26. The van der Waals surface area contributed by atoms with Gasteiger partial charge in [-0.05, 0) is 49.1 Å². The zero-order valence-corrected chi connectivity index (χ0v) is 18.0. The molecule has 0 bridgehead atoms. The minimum absolute atomic E-state index is 0.0660. The van der Waals surface area contributed by atoms with Crippen molar-refractivity contribution in [3.8, 4) is 5.75 Å². The molecular formula is C23H26FN3O5. The van der Waals surface area contributed by atoms with Crippen LogP contribution in [0.4, 0.5) is 4.39 Å². The van der Waals surface area contributed by atoms with Gasteiger partial charge in [0.2, 0.25) is 0 Å². The number of benzene rings is 1. The number of fused-ring (bicyclic) bond motifs is 1. The number of aryl methyl sites for hydroxylation is 1. The van der Waals surface area contributed by atoms with Crippen molar-refractivity contribution in [1.29, 1.82) is 0 Å². The SMILES string of the molecule is COCCCn1c(=O)c(C(=O)NC[C@H](C)O)c(O)c2ncc(Cc3ccc(F)cc3)cc21. The number of pyridine rings is 2. The summed E-state index contributed by atoms with van der Waals surface area (Å²) in [6.07, 6.45) is 1.70. The predicted molar refractivity (Wildman–Crippen MR) is 117 cm³/mol. The number of amides is 1. The van der Waals surface area contributed by atoms with Gasteiger partial charge in [-0.25, -0.2) is 4.39 Å². The highest BCUT2D eigenvalue weighted by molar-refractivity contribution is 6.01. The maximum Gasteiger partial charge on any atom is 0.267 e. The van der Waals surface area contributed by atoms with Gasteiger partial charge >= 0.3 is 0 Å². The number of nitrogens with one attached hydrogen (secondary N) is 1. The monoisotopic (exact) mass is 443 g/mol. The van der Waals surface area contributed by atoms with Gasteiger partial charge in [0.25, 0.3) is 11.5 Å². The Balaban J connectivity index is 2.08. The first-order valence-corrected chi connectivity index (χ1v) is 10.3. The highest BCUT2D eigenvalue weighted by atomic mass is 19.1. The van der Waals surface area contributed by atoms with Crippen LogP contribution in [0.15, 0.2) is 41.3 Å². The van der Waals surface area contributed by atoms with Crippen LogP contribution in [0.5, 0.6) is 5.75 Å². The first-order chi connectivity index (χ1) is 15.3. The van der Waals surface area contributed by atoms with Crippen LogP contribution < -0.4 is 10.9 Å². The third kappa shape index (κ3) is 5.30. The molecule has 1 amide bonds. The lowest BCUT2D eigenvalue weighted by Gasteiger charge is -2.16. The van der Waals surface area contributed by atoms with Crippen LogP contribution in [0.1, 0.15) is 34.8 Å². The molecule has 3 rings (SSSR count). The molecule has 3 N–H and O–H groups in total. The fourth-order valence-electron chi connectivity index (χ4n) is 3.40. The molecule has 32 heavy (non-hydrogen) atoms. The molecule has 1 aromatic carbocycles. The standard InChI is InChI=1S/C23H26FN3O5/c1-14(28)12-26-22(30)19-21(29)20-18(27(23(19)31)8-3-9-32-2)11-16(13-25-20)10-15-4-6-17(24)7-5-15/h4-7,11,13-14,28-29H,3,8-10,12H2,1-2H3,(H,26,30)/t14-/m0/s1. The van der Waals surface area contributed by atoms with Gasteiger partial charge in [0.15, 0.2) is 5.75 Å². The van der Waals surface area contributed by atoms with Gasteiger partial charge in [0.05, 0.1) is 11.6 Å². The molecule has 0 aliphatic carbocycles. The Labute approximate surface area is 184 Å². The average molecular weight is 443 g/mol. The molecule has 0 aliphatic rings. The Morgan fingerprint density at radius 3 is 2.66 bits per heavy atom. The van der Waals surface area contributed by atoms with Crippen molar-refractivity contribution in [2.45, 2.75) is 32.4 Å². The second kappa shape index (κ2) is 10.3. The summed E-state index contributed by atoms with van der Waals surface area (Å²) >= 11 is 0. The van der Waals surface area contributed by atoms with Gasteiger partial charge in [0, 0.05) is 33.0 Å². The highest BCUT2D eigenvalue weighted by Gasteiger charge is 2.23. The summed E-state index contributed by atoms with van der Waals surface area (Å²) in [6, 6.07) is 7.80. The molecular weight excluding hydrogens is 417 g/mol. The van der Waals surface area contributed by atoms with Crippen LogP contribution in [0.25, 0.3) is 11.0 Å². The number of aromatic hydroxyl groups is 1. The molecule has 0 aliphatic heterocycles. The predicted octanol–water partition coefficient (Wildman–Crippen LogP) is 1.98. The second-order valence-corrected chi connectivity index (χ2v) is 7.60. The Kier molecular flexibility index (Phi) is 7.55. The van der Waals surface area contributed by atoms with Crippen LogP contribution in [-0.4, -0.2) is 52.0 Å². The van der Waals surface area contributed by atoms with Crippen molar-refractivity contribution >= 4 is 16.9 Å². The molecule has 3 aromatic rings. The van der Waals surface area contributed by atoms with Gasteiger partial charge in [-0.1, -0.05) is 12.1 Å². The summed E-state index contributed by atoms with van der Waals surface area (Å²) in [4.78, 5) is 30.1. The minimum atomic E-state index is -0.808. The summed E-state index contributed by atoms with van der Waals surface area (Å²) in [6.45, 7) is 2.08. The van der Waals surface area contributed by atoms with Crippen molar-refractivity contribution in [2.24, 2.45) is 0 Å². The molecule has 8 nitrogen and oxygen atoms in total. The molecule has 0 unspecified atom stereocenters. The molecule has 170 valence electrons. The normalized spacial score (nSPS) is 12.1. The summed E-state index contributed by atoms with van der Waals surface area (Å²) in [5, 5.41) is 22.6. The molecule has 9 heteroatoms. The number of hydrogen-bond donors (Lipinski definition) is 3. The van der Waals surface area contributed by atoms with E-state index in [9.17, 15) is 24.2 Å². The zero-order valence-electron chi connectivity index (χ0n) is 18.0. The zero-order chi connectivity index (χ0) is 23.3. The largest absolute Gasteiger partial charge is 0.505 e. The van der Waals surface area contributed by atoms with Crippen LogP contribution in [0.2, 0.25) is 0 Å². The Hall–Kier alpha value is -3.30. The minimum Gasteiger partial charge on any atom is -0.505 e. The summed E-state index contributed by atoms with van der Waals surface area (Å²) in [5.74, 6) is -1.62. The third-order valence-electron chi connectivity index (χ3n) is 4.97. The Bertz CT molecular complexity index is 1160.